The molecule has 1 saturated heterocycles. The zero-order valence-corrected chi connectivity index (χ0v) is 23.2. The summed E-state index contributed by atoms with van der Waals surface area (Å²) in [5.41, 5.74) is 4.79. The highest BCUT2D eigenvalue weighted by Crippen LogP contribution is 2.28. The SMILES string of the molecule is COc1cc(/C=N\NC(=O)c2ccc(CSc3nncn3C)cc2)ccc1OCC(=O)N1C[C@@H](C)O[C@@H](C)C1. The van der Waals surface area contributed by atoms with Crippen LogP contribution in [0.15, 0.2) is 59.0 Å². The molecule has 11 nitrogen and oxygen atoms in total. The summed E-state index contributed by atoms with van der Waals surface area (Å²) >= 11 is 1.57. The topological polar surface area (TPSA) is 120 Å². The van der Waals surface area contributed by atoms with Gasteiger partial charge in [0.2, 0.25) is 0 Å². The fraction of sp³-hybridized carbons (Fsp3) is 0.370. The Labute approximate surface area is 231 Å². The molecule has 1 fully saturated rings. The minimum atomic E-state index is -0.323. The quantitative estimate of drug-likeness (QED) is 0.232. The normalized spacial score (nSPS) is 17.3. The molecular formula is C27H32N6O5S. The van der Waals surface area contributed by atoms with Gasteiger partial charge in [0.15, 0.2) is 23.3 Å². The number of nitrogens with zero attached hydrogens (tertiary/aromatic N) is 5. The molecule has 39 heavy (non-hydrogen) atoms. The molecule has 0 spiro atoms. The van der Waals surface area contributed by atoms with Gasteiger partial charge in [-0.3, -0.25) is 9.59 Å². The Balaban J connectivity index is 1.27. The molecular weight excluding hydrogens is 520 g/mol. The van der Waals surface area contributed by atoms with Gasteiger partial charge in [0.25, 0.3) is 11.8 Å². The van der Waals surface area contributed by atoms with E-state index in [1.54, 1.807) is 53.3 Å². The van der Waals surface area contributed by atoms with E-state index in [1.807, 2.05) is 37.6 Å². The maximum absolute atomic E-state index is 12.6. The van der Waals surface area contributed by atoms with E-state index in [2.05, 4.69) is 20.7 Å². The van der Waals surface area contributed by atoms with E-state index < -0.39 is 0 Å². The molecule has 12 heteroatoms. The lowest BCUT2D eigenvalue weighted by molar-refractivity contribution is -0.145. The highest BCUT2D eigenvalue weighted by Gasteiger charge is 2.26. The molecule has 1 N–H and O–H groups in total. The number of morpholine rings is 1. The smallest absolute Gasteiger partial charge is 0.271 e. The van der Waals surface area contributed by atoms with Crippen molar-refractivity contribution in [2.45, 2.75) is 37.0 Å². The lowest BCUT2D eigenvalue weighted by atomic mass is 10.1. The van der Waals surface area contributed by atoms with Gasteiger partial charge in [0.05, 0.1) is 25.5 Å². The lowest BCUT2D eigenvalue weighted by Gasteiger charge is -2.35. The van der Waals surface area contributed by atoms with Crippen LogP contribution in [0, 0.1) is 0 Å². The van der Waals surface area contributed by atoms with Crippen molar-refractivity contribution >= 4 is 29.8 Å². The lowest BCUT2D eigenvalue weighted by Crippen LogP contribution is -2.49. The van der Waals surface area contributed by atoms with E-state index >= 15 is 0 Å². The van der Waals surface area contributed by atoms with Crippen molar-refractivity contribution in [3.63, 3.8) is 0 Å². The molecule has 2 atom stereocenters. The van der Waals surface area contributed by atoms with Crippen LogP contribution in [-0.4, -0.2) is 76.7 Å². The highest BCUT2D eigenvalue weighted by atomic mass is 32.2. The first-order chi connectivity index (χ1) is 18.8. The number of methoxy groups -OCH3 is 1. The number of rotatable bonds is 10. The van der Waals surface area contributed by atoms with Gasteiger partial charge in [-0.1, -0.05) is 23.9 Å². The largest absolute Gasteiger partial charge is 0.493 e. The Morgan fingerprint density at radius 1 is 1.15 bits per heavy atom. The summed E-state index contributed by atoms with van der Waals surface area (Å²) < 4.78 is 18.7. The second-order valence-corrected chi connectivity index (χ2v) is 10.1. The van der Waals surface area contributed by atoms with Gasteiger partial charge in [-0.25, -0.2) is 5.43 Å². The number of hydrogen-bond acceptors (Lipinski definition) is 9. The maximum Gasteiger partial charge on any atom is 0.271 e. The molecule has 0 radical (unpaired) electrons. The van der Waals surface area contributed by atoms with Crippen molar-refractivity contribution < 1.29 is 23.8 Å². The number of carbonyl (C=O) groups excluding carboxylic acids is 2. The van der Waals surface area contributed by atoms with Crippen LogP contribution in [0.25, 0.3) is 0 Å². The van der Waals surface area contributed by atoms with E-state index in [0.29, 0.717) is 41.5 Å². The zero-order chi connectivity index (χ0) is 27.8. The Morgan fingerprint density at radius 3 is 2.56 bits per heavy atom. The van der Waals surface area contributed by atoms with Crippen LogP contribution >= 0.6 is 11.8 Å². The van der Waals surface area contributed by atoms with Gasteiger partial charge >= 0.3 is 0 Å². The van der Waals surface area contributed by atoms with Crippen molar-refractivity contribution in [1.29, 1.82) is 0 Å². The maximum atomic E-state index is 12.6. The Hall–Kier alpha value is -3.90. The molecule has 206 valence electrons. The number of hydrogen-bond donors (Lipinski definition) is 1. The average molecular weight is 553 g/mol. The summed E-state index contributed by atoms with van der Waals surface area (Å²) in [6, 6.07) is 12.5. The van der Waals surface area contributed by atoms with Crippen molar-refractivity contribution in [1.82, 2.24) is 25.1 Å². The van der Waals surface area contributed by atoms with Gasteiger partial charge < -0.3 is 23.7 Å². The van der Waals surface area contributed by atoms with Gasteiger partial charge in [-0.15, -0.1) is 10.2 Å². The molecule has 0 bridgehead atoms. The third-order valence-corrected chi connectivity index (χ3v) is 7.05. The molecule has 1 aromatic heterocycles. The first-order valence-corrected chi connectivity index (χ1v) is 13.4. The standard InChI is InChI=1S/C27H32N6O5S/c1-18-13-33(14-19(2)38-18)25(34)15-37-23-10-7-21(11-24(23)36-4)12-28-30-26(35)22-8-5-20(6-9-22)16-39-27-31-29-17-32(27)3/h5-12,17-19H,13-16H2,1-4H3,(H,30,35)/b28-12-/t18-,19+. The molecule has 4 rings (SSSR count). The zero-order valence-electron chi connectivity index (χ0n) is 22.4. The summed E-state index contributed by atoms with van der Waals surface area (Å²) in [6.07, 6.45) is 3.15. The Bertz CT molecular complexity index is 1300. The van der Waals surface area contributed by atoms with Crippen LogP contribution in [0.2, 0.25) is 0 Å². The number of aromatic nitrogens is 3. The first kappa shape index (κ1) is 28.1. The van der Waals surface area contributed by atoms with E-state index in [1.165, 1.54) is 13.3 Å². The fourth-order valence-electron chi connectivity index (χ4n) is 4.03. The predicted octanol–water partition coefficient (Wildman–Crippen LogP) is 2.89. The summed E-state index contributed by atoms with van der Waals surface area (Å²) in [7, 11) is 3.42. The molecule has 2 aromatic carbocycles. The number of nitrogens with one attached hydrogen (secondary N) is 1. The number of amides is 2. The van der Waals surface area contributed by atoms with Crippen molar-refractivity contribution in [2.24, 2.45) is 12.1 Å². The fourth-order valence-corrected chi connectivity index (χ4v) is 4.87. The summed E-state index contributed by atoms with van der Waals surface area (Å²) in [4.78, 5) is 26.8. The van der Waals surface area contributed by atoms with Crippen molar-refractivity contribution in [3.8, 4) is 11.5 Å². The molecule has 0 aliphatic carbocycles. The minimum absolute atomic E-state index is 0.00898. The molecule has 0 unspecified atom stereocenters. The van der Waals surface area contributed by atoms with E-state index in [4.69, 9.17) is 14.2 Å². The third kappa shape index (κ3) is 7.80. The summed E-state index contributed by atoms with van der Waals surface area (Å²) in [5.74, 6) is 1.18. The number of ether oxygens (including phenoxy) is 3. The Morgan fingerprint density at radius 2 is 1.90 bits per heavy atom. The van der Waals surface area contributed by atoms with Crippen LogP contribution in [-0.2, 0) is 22.3 Å². The molecule has 0 saturated carbocycles. The van der Waals surface area contributed by atoms with Crippen LogP contribution in [0.1, 0.15) is 35.3 Å². The van der Waals surface area contributed by atoms with Crippen LogP contribution in [0.3, 0.4) is 0 Å². The molecule has 1 aliphatic rings. The highest BCUT2D eigenvalue weighted by molar-refractivity contribution is 7.98. The Kier molecular flexibility index (Phi) is 9.55. The minimum Gasteiger partial charge on any atom is -0.493 e. The van der Waals surface area contributed by atoms with Crippen molar-refractivity contribution in [3.05, 3.63) is 65.5 Å². The average Bonchev–Trinajstić information content (AvgIpc) is 3.34. The summed E-state index contributed by atoms with van der Waals surface area (Å²) in [6.45, 7) is 4.87. The second kappa shape index (κ2) is 13.3. The van der Waals surface area contributed by atoms with Crippen LogP contribution < -0.4 is 14.9 Å². The monoisotopic (exact) mass is 552 g/mol. The van der Waals surface area contributed by atoms with E-state index in [9.17, 15) is 9.59 Å². The van der Waals surface area contributed by atoms with Gasteiger partial charge in [0, 0.05) is 31.5 Å². The molecule has 2 amide bonds. The van der Waals surface area contributed by atoms with Crippen molar-refractivity contribution in [2.75, 3.05) is 26.8 Å². The number of carbonyl (C=O) groups is 2. The van der Waals surface area contributed by atoms with Gasteiger partial charge in [-0.05, 0) is 55.3 Å². The molecule has 2 heterocycles. The van der Waals surface area contributed by atoms with Crippen LogP contribution in [0.5, 0.6) is 11.5 Å². The third-order valence-electron chi connectivity index (χ3n) is 5.94. The number of hydrazone groups is 1. The molecule has 1 aliphatic heterocycles. The molecule has 3 aromatic rings. The van der Waals surface area contributed by atoms with Gasteiger partial charge in [-0.2, -0.15) is 5.10 Å². The predicted molar refractivity (Wildman–Crippen MR) is 147 cm³/mol. The van der Waals surface area contributed by atoms with Gasteiger partial charge in [0.1, 0.15) is 6.33 Å². The number of benzene rings is 2. The summed E-state index contributed by atoms with van der Waals surface area (Å²) in [5, 5.41) is 12.8. The van der Waals surface area contributed by atoms with E-state index in [-0.39, 0.29) is 30.6 Å². The van der Waals surface area contributed by atoms with Crippen LogP contribution in [0.4, 0.5) is 0 Å². The number of aryl methyl sites for hydroxylation is 1. The van der Waals surface area contributed by atoms with E-state index in [0.717, 1.165) is 10.7 Å². The number of thioether (sulfide) groups is 1. The first-order valence-electron chi connectivity index (χ1n) is 12.5. The second-order valence-electron chi connectivity index (χ2n) is 9.16.